The molecule has 3 atom stereocenters. The fourth-order valence-corrected chi connectivity index (χ4v) is 3.65. The molecule has 0 spiro atoms. The van der Waals surface area contributed by atoms with Crippen LogP contribution in [0.3, 0.4) is 0 Å². The molecule has 2 aliphatic carbocycles. The summed E-state index contributed by atoms with van der Waals surface area (Å²) in [6, 6.07) is 1.93. The van der Waals surface area contributed by atoms with E-state index in [2.05, 4.69) is 11.9 Å². The van der Waals surface area contributed by atoms with Crippen LogP contribution >= 0.6 is 0 Å². The average molecular weight is 231 g/mol. The number of hydrogen-bond acceptors (Lipinski definition) is 3. The maximum atomic E-state index is 5.90. The molecule has 0 aliphatic heterocycles. The predicted octanol–water partition coefficient (Wildman–Crippen LogP) is 2.91. The molecule has 0 aromatic carbocycles. The lowest BCUT2D eigenvalue weighted by molar-refractivity contribution is 0.405. The molecule has 0 radical (unpaired) electrons. The van der Waals surface area contributed by atoms with E-state index in [-0.39, 0.29) is 0 Å². The summed E-state index contributed by atoms with van der Waals surface area (Å²) >= 11 is 0. The van der Waals surface area contributed by atoms with Gasteiger partial charge in [-0.15, -0.1) is 0 Å². The monoisotopic (exact) mass is 231 g/mol. The molecule has 3 nitrogen and oxygen atoms in total. The lowest BCUT2D eigenvalue weighted by atomic mass is 9.88. The number of nitrogens with zero attached hydrogens (tertiary/aromatic N) is 2. The summed E-state index contributed by atoms with van der Waals surface area (Å²) in [5, 5.41) is 0. The highest BCUT2D eigenvalue weighted by Crippen LogP contribution is 2.52. The van der Waals surface area contributed by atoms with Crippen molar-refractivity contribution in [3.8, 4) is 0 Å². The zero-order valence-electron chi connectivity index (χ0n) is 10.5. The highest BCUT2D eigenvalue weighted by atomic mass is 15.0. The zero-order valence-corrected chi connectivity index (χ0v) is 10.5. The lowest BCUT2D eigenvalue weighted by Gasteiger charge is -2.20. The molecule has 3 unspecified atom stereocenters. The Hall–Kier alpha value is -1.12. The normalized spacial score (nSPS) is 31.0. The minimum absolute atomic E-state index is 0.591. The van der Waals surface area contributed by atoms with Crippen molar-refractivity contribution in [1.29, 1.82) is 0 Å². The Balaban J connectivity index is 1.87. The quantitative estimate of drug-likeness (QED) is 0.870. The smallest absolute Gasteiger partial charge is 0.134 e. The van der Waals surface area contributed by atoms with E-state index in [0.29, 0.717) is 11.7 Å². The molecule has 2 saturated carbocycles. The van der Waals surface area contributed by atoms with Gasteiger partial charge in [-0.3, -0.25) is 0 Å². The van der Waals surface area contributed by atoms with Crippen molar-refractivity contribution < 1.29 is 0 Å². The van der Waals surface area contributed by atoms with Gasteiger partial charge in [0.25, 0.3) is 0 Å². The van der Waals surface area contributed by atoms with Crippen molar-refractivity contribution >= 4 is 5.82 Å². The molecule has 2 N–H and O–H groups in total. The molecule has 2 bridgehead atoms. The van der Waals surface area contributed by atoms with E-state index in [1.54, 1.807) is 0 Å². The van der Waals surface area contributed by atoms with Crippen molar-refractivity contribution in [2.45, 2.75) is 51.4 Å². The summed E-state index contributed by atoms with van der Waals surface area (Å²) in [5.41, 5.74) is 7.03. The molecule has 0 amide bonds. The van der Waals surface area contributed by atoms with Gasteiger partial charge in [0.15, 0.2) is 0 Å². The second kappa shape index (κ2) is 4.28. The van der Waals surface area contributed by atoms with Crippen molar-refractivity contribution in [3.05, 3.63) is 17.6 Å². The second-order valence-corrected chi connectivity index (χ2v) is 5.67. The summed E-state index contributed by atoms with van der Waals surface area (Å²) in [6.45, 7) is 2.18. The lowest BCUT2D eigenvalue weighted by Crippen LogP contribution is -2.14. The van der Waals surface area contributed by atoms with Gasteiger partial charge in [-0.25, -0.2) is 9.97 Å². The molecular formula is C14H21N3. The molecule has 3 heteroatoms. The summed E-state index contributed by atoms with van der Waals surface area (Å²) < 4.78 is 0. The Morgan fingerprint density at radius 1 is 1.29 bits per heavy atom. The first-order chi connectivity index (χ1) is 8.26. The largest absolute Gasteiger partial charge is 0.384 e. The molecule has 92 valence electrons. The van der Waals surface area contributed by atoms with Gasteiger partial charge < -0.3 is 5.73 Å². The fraction of sp³-hybridized carbons (Fsp3) is 0.714. The van der Waals surface area contributed by atoms with Crippen LogP contribution in [-0.2, 0) is 6.42 Å². The minimum atomic E-state index is 0.591. The van der Waals surface area contributed by atoms with Crippen LogP contribution in [0.5, 0.6) is 0 Å². The third-order valence-corrected chi connectivity index (χ3v) is 4.39. The summed E-state index contributed by atoms with van der Waals surface area (Å²) in [4.78, 5) is 9.22. The Kier molecular flexibility index (Phi) is 2.77. The van der Waals surface area contributed by atoms with Gasteiger partial charge in [0.1, 0.15) is 11.6 Å². The average Bonchev–Trinajstić information content (AvgIpc) is 2.90. The second-order valence-electron chi connectivity index (χ2n) is 5.67. The van der Waals surface area contributed by atoms with Gasteiger partial charge in [-0.2, -0.15) is 0 Å². The van der Waals surface area contributed by atoms with Crippen LogP contribution in [0.15, 0.2) is 6.07 Å². The minimum Gasteiger partial charge on any atom is -0.384 e. The standard InChI is InChI=1S/C14H21N3/c1-2-3-11-8-13(15)17-14(16-11)12-7-9-4-5-10(12)6-9/h8-10,12H,2-7H2,1H3,(H2,15,16,17). The van der Waals surface area contributed by atoms with Gasteiger partial charge in [-0.05, 0) is 37.5 Å². The van der Waals surface area contributed by atoms with E-state index in [9.17, 15) is 0 Å². The Morgan fingerprint density at radius 2 is 2.18 bits per heavy atom. The van der Waals surface area contributed by atoms with E-state index in [1.807, 2.05) is 6.07 Å². The maximum absolute atomic E-state index is 5.90. The van der Waals surface area contributed by atoms with Crippen LogP contribution in [0.4, 0.5) is 5.82 Å². The molecule has 2 fully saturated rings. The van der Waals surface area contributed by atoms with Crippen LogP contribution in [0, 0.1) is 11.8 Å². The molecule has 1 aromatic rings. The summed E-state index contributed by atoms with van der Waals surface area (Å²) in [6.07, 6.45) is 7.61. The molecule has 17 heavy (non-hydrogen) atoms. The van der Waals surface area contributed by atoms with Gasteiger partial charge in [0.2, 0.25) is 0 Å². The van der Waals surface area contributed by atoms with Crippen LogP contribution in [0.1, 0.15) is 56.5 Å². The number of hydrogen-bond donors (Lipinski definition) is 1. The topological polar surface area (TPSA) is 51.8 Å². The van der Waals surface area contributed by atoms with Crippen molar-refractivity contribution in [1.82, 2.24) is 9.97 Å². The van der Waals surface area contributed by atoms with Gasteiger partial charge in [0.05, 0.1) is 0 Å². The molecule has 1 aromatic heterocycles. The summed E-state index contributed by atoms with van der Waals surface area (Å²) in [7, 11) is 0. The third-order valence-electron chi connectivity index (χ3n) is 4.39. The molecule has 0 saturated heterocycles. The molecular weight excluding hydrogens is 210 g/mol. The highest BCUT2D eigenvalue weighted by molar-refractivity contribution is 5.31. The first kappa shape index (κ1) is 11.0. The maximum Gasteiger partial charge on any atom is 0.134 e. The summed E-state index contributed by atoms with van der Waals surface area (Å²) in [5.74, 6) is 4.04. The third kappa shape index (κ3) is 2.03. The van der Waals surface area contributed by atoms with Crippen molar-refractivity contribution in [3.63, 3.8) is 0 Å². The number of anilines is 1. The van der Waals surface area contributed by atoms with Gasteiger partial charge in [0, 0.05) is 17.7 Å². The molecule has 3 rings (SSSR count). The van der Waals surface area contributed by atoms with E-state index in [4.69, 9.17) is 10.7 Å². The first-order valence-corrected chi connectivity index (χ1v) is 6.89. The van der Waals surface area contributed by atoms with E-state index >= 15 is 0 Å². The Labute approximate surface area is 103 Å². The van der Waals surface area contributed by atoms with Crippen LogP contribution in [0.25, 0.3) is 0 Å². The number of fused-ring (bicyclic) bond motifs is 2. The van der Waals surface area contributed by atoms with Crippen LogP contribution in [0.2, 0.25) is 0 Å². The predicted molar refractivity (Wildman–Crippen MR) is 68.6 cm³/mol. The van der Waals surface area contributed by atoms with Gasteiger partial charge >= 0.3 is 0 Å². The number of aromatic nitrogens is 2. The number of nitrogens with two attached hydrogens (primary N) is 1. The van der Waals surface area contributed by atoms with Crippen LogP contribution in [-0.4, -0.2) is 9.97 Å². The SMILES string of the molecule is CCCc1cc(N)nc(C2CC3CCC2C3)n1. The molecule has 1 heterocycles. The zero-order chi connectivity index (χ0) is 11.8. The molecule has 2 aliphatic rings. The van der Waals surface area contributed by atoms with E-state index < -0.39 is 0 Å². The van der Waals surface area contributed by atoms with E-state index in [1.165, 1.54) is 25.7 Å². The first-order valence-electron chi connectivity index (χ1n) is 6.89. The Morgan fingerprint density at radius 3 is 2.82 bits per heavy atom. The number of aryl methyl sites for hydroxylation is 1. The fourth-order valence-electron chi connectivity index (χ4n) is 3.65. The van der Waals surface area contributed by atoms with E-state index in [0.717, 1.165) is 36.2 Å². The van der Waals surface area contributed by atoms with Crippen molar-refractivity contribution in [2.24, 2.45) is 11.8 Å². The van der Waals surface area contributed by atoms with Crippen molar-refractivity contribution in [2.75, 3.05) is 5.73 Å². The highest BCUT2D eigenvalue weighted by Gasteiger charge is 2.41. The number of nitrogen functional groups attached to an aromatic ring is 1. The Bertz CT molecular complexity index is 416. The van der Waals surface area contributed by atoms with Crippen LogP contribution < -0.4 is 5.73 Å². The number of rotatable bonds is 3. The van der Waals surface area contributed by atoms with Gasteiger partial charge in [-0.1, -0.05) is 19.8 Å².